The Morgan fingerprint density at radius 2 is 1.29 bits per heavy atom. The van der Waals surface area contributed by atoms with Gasteiger partial charge in [0, 0.05) is 25.7 Å². The highest BCUT2D eigenvalue weighted by molar-refractivity contribution is 5.82. The maximum absolute atomic E-state index is 11.3. The fraction of sp³-hybridized carbons (Fsp3) is 0.833. The molecule has 0 aliphatic rings. The molecule has 0 N–H and O–H groups in total. The first-order valence-corrected chi connectivity index (χ1v) is 5.50. The van der Waals surface area contributed by atoms with Gasteiger partial charge in [0.2, 0.25) is 0 Å². The quantitative estimate of drug-likeness (QED) is 0.629. The number of hydrogen-bond donors (Lipinski definition) is 0. The molecule has 0 saturated heterocycles. The summed E-state index contributed by atoms with van der Waals surface area (Å²) < 4.78 is 0. The zero-order valence-electron chi connectivity index (χ0n) is 9.85. The van der Waals surface area contributed by atoms with E-state index in [0.717, 1.165) is 6.42 Å². The average Bonchev–Trinajstić information content (AvgIpc) is 2.17. The monoisotopic (exact) mass is 198 g/mol. The first-order valence-electron chi connectivity index (χ1n) is 5.50. The van der Waals surface area contributed by atoms with Crippen LogP contribution in [-0.2, 0) is 9.59 Å². The van der Waals surface area contributed by atoms with Crippen LogP contribution < -0.4 is 0 Å². The van der Waals surface area contributed by atoms with E-state index in [0.29, 0.717) is 25.7 Å². The van der Waals surface area contributed by atoms with E-state index in [9.17, 15) is 9.59 Å². The average molecular weight is 198 g/mol. The Kier molecular flexibility index (Phi) is 5.66. The topological polar surface area (TPSA) is 34.1 Å². The summed E-state index contributed by atoms with van der Waals surface area (Å²) in [6.07, 6.45) is 3.15. The molecule has 0 fully saturated rings. The Labute approximate surface area is 87.1 Å². The van der Waals surface area contributed by atoms with Gasteiger partial charge < -0.3 is 0 Å². The fourth-order valence-electron chi connectivity index (χ4n) is 1.51. The van der Waals surface area contributed by atoms with Crippen molar-refractivity contribution >= 4 is 11.6 Å². The highest BCUT2D eigenvalue weighted by Gasteiger charge is 2.26. The molecule has 0 spiro atoms. The van der Waals surface area contributed by atoms with Crippen LogP contribution in [0, 0.1) is 5.41 Å². The molecule has 0 aromatic heterocycles. The van der Waals surface area contributed by atoms with Crippen LogP contribution in [0.25, 0.3) is 0 Å². The van der Waals surface area contributed by atoms with E-state index in [1.165, 1.54) is 0 Å². The smallest absolute Gasteiger partial charge is 0.133 e. The van der Waals surface area contributed by atoms with Crippen molar-refractivity contribution in [3.63, 3.8) is 0 Å². The minimum Gasteiger partial charge on any atom is -0.300 e. The second-order valence-corrected chi connectivity index (χ2v) is 4.30. The predicted octanol–water partition coefficient (Wildman–Crippen LogP) is 3.14. The van der Waals surface area contributed by atoms with Gasteiger partial charge in [-0.2, -0.15) is 0 Å². The highest BCUT2D eigenvalue weighted by atomic mass is 16.1. The molecule has 0 aliphatic carbocycles. The highest BCUT2D eigenvalue weighted by Crippen LogP contribution is 2.31. The van der Waals surface area contributed by atoms with Crippen LogP contribution in [0.4, 0.5) is 0 Å². The molecule has 0 aromatic carbocycles. The molecule has 0 aliphatic heterocycles. The molecule has 0 amide bonds. The zero-order valence-corrected chi connectivity index (χ0v) is 9.85. The fourth-order valence-corrected chi connectivity index (χ4v) is 1.51. The molecule has 0 heterocycles. The van der Waals surface area contributed by atoms with E-state index in [4.69, 9.17) is 0 Å². The predicted molar refractivity (Wildman–Crippen MR) is 58.2 cm³/mol. The van der Waals surface area contributed by atoms with Crippen molar-refractivity contribution in [3.8, 4) is 0 Å². The molecular weight excluding hydrogens is 176 g/mol. The van der Waals surface area contributed by atoms with Crippen LogP contribution in [0.15, 0.2) is 0 Å². The summed E-state index contributed by atoms with van der Waals surface area (Å²) >= 11 is 0. The van der Waals surface area contributed by atoms with E-state index in [2.05, 4.69) is 0 Å². The van der Waals surface area contributed by atoms with Crippen molar-refractivity contribution in [3.05, 3.63) is 0 Å². The Morgan fingerprint density at radius 1 is 0.929 bits per heavy atom. The molecule has 0 radical (unpaired) electrons. The Bertz CT molecular complexity index is 188. The largest absolute Gasteiger partial charge is 0.300 e. The maximum atomic E-state index is 11.3. The van der Waals surface area contributed by atoms with Crippen LogP contribution in [0.3, 0.4) is 0 Å². The van der Waals surface area contributed by atoms with E-state index in [1.807, 2.05) is 27.7 Å². The van der Waals surface area contributed by atoms with Crippen LogP contribution >= 0.6 is 0 Å². The third kappa shape index (κ3) is 4.54. The minimum atomic E-state index is -0.111. The molecular formula is C12H22O2. The van der Waals surface area contributed by atoms with Crippen molar-refractivity contribution in [2.75, 3.05) is 0 Å². The van der Waals surface area contributed by atoms with Gasteiger partial charge >= 0.3 is 0 Å². The lowest BCUT2D eigenvalue weighted by Crippen LogP contribution is -2.23. The normalized spacial score (nSPS) is 11.4. The standard InChI is InChI=1S/C12H22O2/c1-5-10(13)8-12(4,7-3)9-11(14)6-2/h5-9H2,1-4H3. The molecule has 0 aromatic rings. The van der Waals surface area contributed by atoms with Gasteiger partial charge in [-0.25, -0.2) is 0 Å². The first-order chi connectivity index (χ1) is 6.47. The lowest BCUT2D eigenvalue weighted by molar-refractivity contribution is -0.124. The molecule has 0 atom stereocenters. The van der Waals surface area contributed by atoms with Crippen LogP contribution in [0.5, 0.6) is 0 Å². The molecule has 0 rings (SSSR count). The van der Waals surface area contributed by atoms with Gasteiger partial charge in [0.25, 0.3) is 0 Å². The summed E-state index contributed by atoms with van der Waals surface area (Å²) in [5.74, 6) is 0.525. The summed E-state index contributed by atoms with van der Waals surface area (Å²) in [6, 6.07) is 0. The van der Waals surface area contributed by atoms with E-state index in [-0.39, 0.29) is 17.0 Å². The summed E-state index contributed by atoms with van der Waals surface area (Å²) in [4.78, 5) is 22.7. The van der Waals surface area contributed by atoms with Crippen LogP contribution in [0.1, 0.15) is 59.8 Å². The second-order valence-electron chi connectivity index (χ2n) is 4.30. The first kappa shape index (κ1) is 13.3. The molecule has 0 saturated carbocycles. The number of ketones is 2. The van der Waals surface area contributed by atoms with E-state index in [1.54, 1.807) is 0 Å². The van der Waals surface area contributed by atoms with Crippen LogP contribution in [-0.4, -0.2) is 11.6 Å². The molecule has 2 nitrogen and oxygen atoms in total. The SMILES string of the molecule is CCC(=O)CC(C)(CC)CC(=O)CC. The Morgan fingerprint density at radius 3 is 1.50 bits per heavy atom. The second kappa shape index (κ2) is 5.94. The third-order valence-corrected chi connectivity index (χ3v) is 2.89. The van der Waals surface area contributed by atoms with Gasteiger partial charge in [0.15, 0.2) is 0 Å². The van der Waals surface area contributed by atoms with Crippen LogP contribution in [0.2, 0.25) is 0 Å². The van der Waals surface area contributed by atoms with Crippen molar-refractivity contribution in [1.29, 1.82) is 0 Å². The van der Waals surface area contributed by atoms with E-state index >= 15 is 0 Å². The zero-order chi connectivity index (χ0) is 11.2. The summed E-state index contributed by atoms with van der Waals surface area (Å²) in [5.41, 5.74) is -0.111. The molecule has 82 valence electrons. The van der Waals surface area contributed by atoms with Gasteiger partial charge in [-0.1, -0.05) is 27.7 Å². The lowest BCUT2D eigenvalue weighted by atomic mass is 9.77. The summed E-state index contributed by atoms with van der Waals surface area (Å²) in [5, 5.41) is 0. The number of hydrogen-bond acceptors (Lipinski definition) is 2. The van der Waals surface area contributed by atoms with Gasteiger partial charge in [-0.3, -0.25) is 9.59 Å². The Hall–Kier alpha value is -0.660. The van der Waals surface area contributed by atoms with Gasteiger partial charge in [0.05, 0.1) is 0 Å². The number of carbonyl (C=O) groups is 2. The Balaban J connectivity index is 4.31. The van der Waals surface area contributed by atoms with E-state index < -0.39 is 0 Å². The third-order valence-electron chi connectivity index (χ3n) is 2.89. The van der Waals surface area contributed by atoms with Gasteiger partial charge in [-0.15, -0.1) is 0 Å². The molecule has 0 unspecified atom stereocenters. The number of Topliss-reactive ketones (excluding diaryl/α,β-unsaturated/α-hetero) is 2. The van der Waals surface area contributed by atoms with Gasteiger partial charge in [0.1, 0.15) is 11.6 Å². The van der Waals surface area contributed by atoms with Crippen molar-refractivity contribution in [2.45, 2.75) is 59.8 Å². The molecule has 0 bridgehead atoms. The molecule has 2 heteroatoms. The van der Waals surface area contributed by atoms with Crippen molar-refractivity contribution < 1.29 is 9.59 Å². The van der Waals surface area contributed by atoms with Gasteiger partial charge in [-0.05, 0) is 11.8 Å². The minimum absolute atomic E-state index is 0.111. The molecule has 14 heavy (non-hydrogen) atoms. The number of carbonyl (C=O) groups excluding carboxylic acids is 2. The maximum Gasteiger partial charge on any atom is 0.133 e. The summed E-state index contributed by atoms with van der Waals surface area (Å²) in [6.45, 7) is 7.83. The lowest BCUT2D eigenvalue weighted by Gasteiger charge is -2.26. The number of rotatable bonds is 7. The summed E-state index contributed by atoms with van der Waals surface area (Å²) in [7, 11) is 0. The van der Waals surface area contributed by atoms with Crippen molar-refractivity contribution in [2.24, 2.45) is 5.41 Å². The van der Waals surface area contributed by atoms with Crippen molar-refractivity contribution in [1.82, 2.24) is 0 Å².